The van der Waals surface area contributed by atoms with Crippen molar-refractivity contribution >= 4 is 17.4 Å². The SMILES string of the molecule is Cc1c(C#N)c(C(F)(F)F)nc(N2CCCC(F)(F)CC2)c1C(=O)Nc1ccccc1. The molecule has 31 heavy (non-hydrogen) atoms. The predicted octanol–water partition coefficient (Wildman–Crippen LogP) is 5.16. The first-order valence-electron chi connectivity index (χ1n) is 9.54. The number of carbonyl (C=O) groups is 1. The molecule has 1 amide bonds. The van der Waals surface area contributed by atoms with Gasteiger partial charge < -0.3 is 10.2 Å². The molecule has 1 fully saturated rings. The fourth-order valence-electron chi connectivity index (χ4n) is 3.52. The molecule has 2 heterocycles. The smallest absolute Gasteiger partial charge is 0.356 e. The highest BCUT2D eigenvalue weighted by molar-refractivity contribution is 6.09. The molecule has 1 aliphatic heterocycles. The van der Waals surface area contributed by atoms with Crippen LogP contribution in [0.15, 0.2) is 30.3 Å². The number of nitrogens with zero attached hydrogens (tertiary/aromatic N) is 3. The lowest BCUT2D eigenvalue weighted by Gasteiger charge is -2.26. The maximum Gasteiger partial charge on any atom is 0.434 e. The molecule has 0 saturated carbocycles. The summed E-state index contributed by atoms with van der Waals surface area (Å²) in [7, 11) is 0. The summed E-state index contributed by atoms with van der Waals surface area (Å²) in [6.07, 6.45) is -5.91. The van der Waals surface area contributed by atoms with E-state index < -0.39 is 42.1 Å². The topological polar surface area (TPSA) is 69.0 Å². The minimum absolute atomic E-state index is 0.0108. The van der Waals surface area contributed by atoms with Crippen LogP contribution >= 0.6 is 0 Å². The molecule has 0 atom stereocenters. The first-order valence-corrected chi connectivity index (χ1v) is 9.54. The predicted molar refractivity (Wildman–Crippen MR) is 104 cm³/mol. The number of hydrogen-bond donors (Lipinski definition) is 1. The summed E-state index contributed by atoms with van der Waals surface area (Å²) in [5.41, 5.74) is -2.26. The number of anilines is 2. The number of nitriles is 1. The Morgan fingerprint density at radius 3 is 2.48 bits per heavy atom. The minimum Gasteiger partial charge on any atom is -0.356 e. The van der Waals surface area contributed by atoms with Gasteiger partial charge >= 0.3 is 6.18 Å². The number of aromatic nitrogens is 1. The highest BCUT2D eigenvalue weighted by atomic mass is 19.4. The minimum atomic E-state index is -4.95. The van der Waals surface area contributed by atoms with E-state index in [2.05, 4.69) is 10.3 Å². The van der Waals surface area contributed by atoms with E-state index in [1.165, 1.54) is 17.9 Å². The van der Waals surface area contributed by atoms with Gasteiger partial charge in [-0.3, -0.25) is 4.79 Å². The Morgan fingerprint density at radius 2 is 1.87 bits per heavy atom. The average molecular weight is 438 g/mol. The molecule has 164 valence electrons. The normalized spacial score (nSPS) is 16.4. The summed E-state index contributed by atoms with van der Waals surface area (Å²) in [6, 6.07) is 9.69. The molecule has 1 aliphatic rings. The van der Waals surface area contributed by atoms with Crippen LogP contribution in [0.5, 0.6) is 0 Å². The van der Waals surface area contributed by atoms with Crippen LogP contribution in [0.1, 0.15) is 46.4 Å². The van der Waals surface area contributed by atoms with E-state index in [4.69, 9.17) is 0 Å². The van der Waals surface area contributed by atoms with E-state index >= 15 is 0 Å². The molecular formula is C21H19F5N4O. The first-order chi connectivity index (χ1) is 14.5. The van der Waals surface area contributed by atoms with Crippen molar-refractivity contribution in [1.82, 2.24) is 4.98 Å². The Bertz CT molecular complexity index is 1020. The Hall–Kier alpha value is -3.22. The van der Waals surface area contributed by atoms with Gasteiger partial charge in [-0.25, -0.2) is 13.8 Å². The maximum atomic E-state index is 13.8. The molecule has 10 heteroatoms. The van der Waals surface area contributed by atoms with Gasteiger partial charge in [-0.05, 0) is 31.0 Å². The van der Waals surface area contributed by atoms with E-state index in [-0.39, 0.29) is 36.5 Å². The second-order valence-electron chi connectivity index (χ2n) is 7.29. The van der Waals surface area contributed by atoms with Gasteiger partial charge in [0.05, 0.1) is 11.1 Å². The Balaban J connectivity index is 2.15. The lowest BCUT2D eigenvalue weighted by molar-refractivity contribution is -0.141. The standard InChI is InChI=1S/C21H19F5N4O/c1-13-15(12-27)17(21(24,25)26)29-18(30-10-5-8-20(22,23)9-11-30)16(13)19(31)28-14-6-3-2-4-7-14/h2-4,6-7H,5,8-11H2,1H3,(H,28,31). The summed E-state index contributed by atoms with van der Waals surface area (Å²) in [5.74, 6) is -4.07. The third kappa shape index (κ3) is 4.93. The van der Waals surface area contributed by atoms with Crippen LogP contribution in [0.2, 0.25) is 0 Å². The largest absolute Gasteiger partial charge is 0.434 e. The fraction of sp³-hybridized carbons (Fsp3) is 0.381. The highest BCUT2D eigenvalue weighted by Crippen LogP contribution is 2.38. The molecule has 0 bridgehead atoms. The number of alkyl halides is 5. The number of benzene rings is 1. The van der Waals surface area contributed by atoms with Crippen molar-refractivity contribution in [3.63, 3.8) is 0 Å². The van der Waals surface area contributed by atoms with Crippen LogP contribution < -0.4 is 10.2 Å². The Kier molecular flexibility index (Phi) is 6.15. The van der Waals surface area contributed by atoms with Crippen LogP contribution in [-0.2, 0) is 6.18 Å². The van der Waals surface area contributed by atoms with E-state index in [1.807, 2.05) is 0 Å². The lowest BCUT2D eigenvalue weighted by Crippen LogP contribution is -2.31. The van der Waals surface area contributed by atoms with E-state index in [0.29, 0.717) is 5.69 Å². The number of hydrogen-bond acceptors (Lipinski definition) is 4. The molecule has 0 radical (unpaired) electrons. The first kappa shape index (κ1) is 22.5. The monoisotopic (exact) mass is 438 g/mol. The molecule has 0 aliphatic carbocycles. The van der Waals surface area contributed by atoms with Gasteiger partial charge in [-0.1, -0.05) is 18.2 Å². The number of amides is 1. The van der Waals surface area contributed by atoms with Crippen molar-refractivity contribution in [3.05, 3.63) is 52.7 Å². The summed E-state index contributed by atoms with van der Waals surface area (Å²) < 4.78 is 68.4. The van der Waals surface area contributed by atoms with Gasteiger partial charge in [-0.15, -0.1) is 0 Å². The second-order valence-corrected chi connectivity index (χ2v) is 7.29. The van der Waals surface area contributed by atoms with Crippen LogP contribution in [0.3, 0.4) is 0 Å². The molecule has 5 nitrogen and oxygen atoms in total. The second kappa shape index (κ2) is 8.49. The number of para-hydroxylation sites is 1. The third-order valence-electron chi connectivity index (χ3n) is 5.08. The van der Waals surface area contributed by atoms with Gasteiger partial charge in [0.1, 0.15) is 11.9 Å². The van der Waals surface area contributed by atoms with Crippen LogP contribution in [0.4, 0.5) is 33.5 Å². The summed E-state index contributed by atoms with van der Waals surface area (Å²) >= 11 is 0. The van der Waals surface area contributed by atoms with Crippen molar-refractivity contribution in [3.8, 4) is 6.07 Å². The van der Waals surface area contributed by atoms with Crippen molar-refractivity contribution < 1.29 is 26.7 Å². The number of nitrogens with one attached hydrogen (secondary N) is 1. The van der Waals surface area contributed by atoms with Crippen LogP contribution in [0, 0.1) is 18.3 Å². The average Bonchev–Trinajstić information content (AvgIpc) is 2.87. The molecule has 3 rings (SSSR count). The molecule has 2 aromatic rings. The van der Waals surface area contributed by atoms with E-state index in [9.17, 15) is 32.0 Å². The molecule has 1 aromatic carbocycles. The third-order valence-corrected chi connectivity index (χ3v) is 5.08. The zero-order valence-corrected chi connectivity index (χ0v) is 16.6. The number of carbonyl (C=O) groups excluding carboxylic acids is 1. The maximum absolute atomic E-state index is 13.8. The summed E-state index contributed by atoms with van der Waals surface area (Å²) in [5, 5.41) is 11.9. The number of pyridine rings is 1. The molecule has 1 saturated heterocycles. The lowest BCUT2D eigenvalue weighted by atomic mass is 10.00. The Labute approximate surface area is 175 Å². The van der Waals surface area contributed by atoms with Gasteiger partial charge in [0.25, 0.3) is 5.91 Å². The van der Waals surface area contributed by atoms with Crippen molar-refractivity contribution in [1.29, 1.82) is 5.26 Å². The van der Waals surface area contributed by atoms with Gasteiger partial charge in [0, 0.05) is 31.6 Å². The van der Waals surface area contributed by atoms with Crippen molar-refractivity contribution in [2.45, 2.75) is 38.3 Å². The van der Waals surface area contributed by atoms with Crippen LogP contribution in [0.25, 0.3) is 0 Å². The van der Waals surface area contributed by atoms with Gasteiger partial charge in [0.2, 0.25) is 5.92 Å². The van der Waals surface area contributed by atoms with Crippen molar-refractivity contribution in [2.75, 3.05) is 23.3 Å². The molecule has 0 spiro atoms. The molecular weight excluding hydrogens is 419 g/mol. The Morgan fingerprint density at radius 1 is 1.19 bits per heavy atom. The van der Waals surface area contributed by atoms with Crippen LogP contribution in [-0.4, -0.2) is 29.9 Å². The van der Waals surface area contributed by atoms with E-state index in [0.717, 1.165) is 0 Å². The quantitative estimate of drug-likeness (QED) is 0.673. The molecule has 1 N–H and O–H groups in total. The number of rotatable bonds is 3. The molecule has 1 aromatic heterocycles. The summed E-state index contributed by atoms with van der Waals surface area (Å²) in [4.78, 5) is 17.9. The zero-order valence-electron chi connectivity index (χ0n) is 16.6. The molecule has 0 unspecified atom stereocenters. The van der Waals surface area contributed by atoms with Crippen molar-refractivity contribution in [2.24, 2.45) is 0 Å². The van der Waals surface area contributed by atoms with Gasteiger partial charge in [0.15, 0.2) is 5.69 Å². The number of halogens is 5. The van der Waals surface area contributed by atoms with Gasteiger partial charge in [-0.2, -0.15) is 18.4 Å². The van der Waals surface area contributed by atoms with E-state index in [1.54, 1.807) is 30.3 Å². The highest BCUT2D eigenvalue weighted by Gasteiger charge is 2.40. The fourth-order valence-corrected chi connectivity index (χ4v) is 3.52. The zero-order chi connectivity index (χ0) is 22.8. The summed E-state index contributed by atoms with van der Waals surface area (Å²) in [6.45, 7) is 0.969.